The van der Waals surface area contributed by atoms with Crippen LogP contribution in [0.5, 0.6) is 11.5 Å². The zero-order valence-electron chi connectivity index (χ0n) is 13.9. The quantitative estimate of drug-likeness (QED) is 0.194. The number of aromatic hydroxyl groups is 1. The van der Waals surface area contributed by atoms with Crippen LogP contribution in [0.1, 0.15) is 10.4 Å². The first kappa shape index (κ1) is 20.0. The molecule has 24 heavy (non-hydrogen) atoms. The molecule has 0 aliphatic heterocycles. The molecule has 1 unspecified atom stereocenters. The Morgan fingerprint density at radius 1 is 1.29 bits per heavy atom. The van der Waals surface area contributed by atoms with Crippen molar-refractivity contribution in [2.45, 2.75) is 6.23 Å². The Morgan fingerprint density at radius 3 is 2.62 bits per heavy atom. The molecule has 0 bridgehead atoms. The number of aliphatic hydroxyl groups is 1. The smallest absolute Gasteiger partial charge is 0.256 e. The Bertz CT molecular complexity index is 526. The molecule has 1 rings (SSSR count). The molecule has 1 amide bonds. The standard InChI is InChI=1S/C15H25N3O6/c1-17-5-6-23-7-8-24-9-12(19)18-10-3-4-11(22-2)13(14(10)20)15(16)21/h3-4,12,17-20H,5-9H2,1-2H3,(H2,16,21). The molecule has 0 aliphatic carbocycles. The van der Waals surface area contributed by atoms with Crippen LogP contribution in [0.15, 0.2) is 12.1 Å². The third-order valence-corrected chi connectivity index (χ3v) is 3.07. The van der Waals surface area contributed by atoms with Crippen LogP contribution in [0.4, 0.5) is 5.69 Å². The molecule has 1 aromatic carbocycles. The number of ether oxygens (including phenoxy) is 3. The minimum Gasteiger partial charge on any atom is -0.505 e. The van der Waals surface area contributed by atoms with Gasteiger partial charge in [-0.1, -0.05) is 0 Å². The van der Waals surface area contributed by atoms with Crippen LogP contribution < -0.4 is 21.1 Å². The zero-order valence-corrected chi connectivity index (χ0v) is 13.9. The first-order valence-corrected chi connectivity index (χ1v) is 7.45. The second-order valence-electron chi connectivity index (χ2n) is 4.85. The van der Waals surface area contributed by atoms with E-state index in [0.29, 0.717) is 19.8 Å². The van der Waals surface area contributed by atoms with Crippen molar-refractivity contribution in [3.8, 4) is 11.5 Å². The van der Waals surface area contributed by atoms with Crippen LogP contribution in [0.2, 0.25) is 0 Å². The van der Waals surface area contributed by atoms with Crippen LogP contribution in [-0.2, 0) is 9.47 Å². The number of methoxy groups -OCH3 is 1. The van der Waals surface area contributed by atoms with Gasteiger partial charge in [0.05, 0.1) is 39.2 Å². The molecule has 0 saturated heterocycles. The lowest BCUT2D eigenvalue weighted by Gasteiger charge is -2.17. The number of hydrogen-bond acceptors (Lipinski definition) is 8. The molecule has 6 N–H and O–H groups in total. The molecule has 0 saturated carbocycles. The monoisotopic (exact) mass is 343 g/mol. The highest BCUT2D eigenvalue weighted by Gasteiger charge is 2.19. The van der Waals surface area contributed by atoms with Crippen molar-refractivity contribution in [1.29, 1.82) is 0 Å². The van der Waals surface area contributed by atoms with E-state index in [1.54, 1.807) is 0 Å². The van der Waals surface area contributed by atoms with E-state index in [2.05, 4.69) is 10.6 Å². The molecule has 1 aromatic rings. The van der Waals surface area contributed by atoms with Gasteiger partial charge < -0.3 is 40.8 Å². The van der Waals surface area contributed by atoms with Gasteiger partial charge in [0.2, 0.25) is 0 Å². The van der Waals surface area contributed by atoms with Crippen molar-refractivity contribution in [3.05, 3.63) is 17.7 Å². The van der Waals surface area contributed by atoms with Crippen LogP contribution >= 0.6 is 0 Å². The number of carbonyl (C=O) groups is 1. The maximum Gasteiger partial charge on any atom is 0.256 e. The fourth-order valence-corrected chi connectivity index (χ4v) is 1.91. The number of nitrogens with two attached hydrogens (primary N) is 1. The van der Waals surface area contributed by atoms with Crippen molar-refractivity contribution < 1.29 is 29.2 Å². The molecule has 0 heterocycles. The lowest BCUT2D eigenvalue weighted by Crippen LogP contribution is -2.26. The van der Waals surface area contributed by atoms with Crippen molar-refractivity contribution in [2.24, 2.45) is 5.73 Å². The maximum atomic E-state index is 11.4. The van der Waals surface area contributed by atoms with Gasteiger partial charge in [-0.2, -0.15) is 0 Å². The minimum absolute atomic E-state index is 0.0211. The van der Waals surface area contributed by atoms with Gasteiger partial charge in [0.1, 0.15) is 17.5 Å². The van der Waals surface area contributed by atoms with Gasteiger partial charge in [-0.15, -0.1) is 0 Å². The first-order valence-electron chi connectivity index (χ1n) is 7.45. The number of amides is 1. The number of carbonyl (C=O) groups excluding carboxylic acids is 1. The molecule has 0 spiro atoms. The Morgan fingerprint density at radius 2 is 2.00 bits per heavy atom. The Hall–Kier alpha value is -2.07. The minimum atomic E-state index is -1.08. The molecule has 136 valence electrons. The summed E-state index contributed by atoms with van der Waals surface area (Å²) < 4.78 is 15.5. The fourth-order valence-electron chi connectivity index (χ4n) is 1.91. The summed E-state index contributed by atoms with van der Waals surface area (Å²) in [5.41, 5.74) is 5.21. The molecule has 0 aromatic heterocycles. The number of hydrogen-bond donors (Lipinski definition) is 5. The molecule has 9 nitrogen and oxygen atoms in total. The molecule has 0 aliphatic rings. The largest absolute Gasteiger partial charge is 0.505 e. The Labute approximate surface area is 140 Å². The maximum absolute atomic E-state index is 11.4. The number of phenols is 1. The normalized spacial score (nSPS) is 12.0. The second-order valence-corrected chi connectivity index (χ2v) is 4.85. The lowest BCUT2D eigenvalue weighted by molar-refractivity contribution is 0.0129. The van der Waals surface area contributed by atoms with E-state index in [1.165, 1.54) is 19.2 Å². The van der Waals surface area contributed by atoms with Crippen molar-refractivity contribution in [3.63, 3.8) is 0 Å². The molecule has 0 radical (unpaired) electrons. The second kappa shape index (κ2) is 10.7. The van der Waals surface area contributed by atoms with E-state index in [-0.39, 0.29) is 23.6 Å². The molecular formula is C15H25N3O6. The number of aliphatic hydroxyl groups excluding tert-OH is 1. The topological polar surface area (TPSA) is 135 Å². The highest BCUT2D eigenvalue weighted by Crippen LogP contribution is 2.34. The summed E-state index contributed by atoms with van der Waals surface area (Å²) in [5, 5.41) is 25.6. The number of primary amides is 1. The van der Waals surface area contributed by atoms with Crippen molar-refractivity contribution >= 4 is 11.6 Å². The predicted octanol–water partition coefficient (Wildman–Crippen LogP) is -0.517. The van der Waals surface area contributed by atoms with Crippen LogP contribution in [0.3, 0.4) is 0 Å². The SMILES string of the molecule is CNCCOCCOCC(O)Nc1ccc(OC)c(C(N)=O)c1O. The lowest BCUT2D eigenvalue weighted by atomic mass is 10.1. The van der Waals surface area contributed by atoms with Gasteiger partial charge in [-0.05, 0) is 19.2 Å². The van der Waals surface area contributed by atoms with E-state index >= 15 is 0 Å². The number of anilines is 1. The number of nitrogens with one attached hydrogen (secondary N) is 2. The predicted molar refractivity (Wildman–Crippen MR) is 88.4 cm³/mol. The van der Waals surface area contributed by atoms with E-state index in [1.807, 2.05) is 7.05 Å². The van der Waals surface area contributed by atoms with Gasteiger partial charge >= 0.3 is 0 Å². The summed E-state index contributed by atoms with van der Waals surface area (Å²) in [4.78, 5) is 11.4. The van der Waals surface area contributed by atoms with Gasteiger partial charge in [0.25, 0.3) is 5.91 Å². The summed E-state index contributed by atoms with van der Waals surface area (Å²) in [5.74, 6) is -1.08. The summed E-state index contributed by atoms with van der Waals surface area (Å²) in [6.45, 7) is 2.05. The Balaban J connectivity index is 2.48. The number of benzene rings is 1. The highest BCUT2D eigenvalue weighted by molar-refractivity contribution is 6.00. The van der Waals surface area contributed by atoms with Crippen LogP contribution in [-0.4, -0.2) is 69.5 Å². The van der Waals surface area contributed by atoms with Gasteiger partial charge in [-0.25, -0.2) is 0 Å². The Kier molecular flexibility index (Phi) is 8.87. The fraction of sp³-hybridized carbons (Fsp3) is 0.533. The third kappa shape index (κ3) is 6.20. The molecular weight excluding hydrogens is 318 g/mol. The van der Waals surface area contributed by atoms with Crippen molar-refractivity contribution in [2.75, 3.05) is 52.4 Å². The average Bonchev–Trinajstić information content (AvgIpc) is 2.55. The molecule has 9 heteroatoms. The first-order chi connectivity index (χ1) is 11.5. The van der Waals surface area contributed by atoms with E-state index < -0.39 is 17.9 Å². The summed E-state index contributed by atoms with van der Waals surface area (Å²) in [7, 11) is 3.19. The number of rotatable bonds is 12. The van der Waals surface area contributed by atoms with E-state index in [9.17, 15) is 15.0 Å². The zero-order chi connectivity index (χ0) is 17.9. The number of likely N-dealkylation sites (N-methyl/N-ethyl adjacent to an activating group) is 1. The van der Waals surface area contributed by atoms with Gasteiger partial charge in [-0.3, -0.25) is 4.79 Å². The van der Waals surface area contributed by atoms with E-state index in [4.69, 9.17) is 19.9 Å². The van der Waals surface area contributed by atoms with Crippen molar-refractivity contribution in [1.82, 2.24) is 5.32 Å². The molecule has 0 fully saturated rings. The van der Waals surface area contributed by atoms with Crippen LogP contribution in [0, 0.1) is 0 Å². The van der Waals surface area contributed by atoms with Crippen LogP contribution in [0.25, 0.3) is 0 Å². The van der Waals surface area contributed by atoms with Gasteiger partial charge in [0.15, 0.2) is 5.75 Å². The van der Waals surface area contributed by atoms with E-state index in [0.717, 1.165) is 6.54 Å². The summed E-state index contributed by atoms with van der Waals surface area (Å²) in [6, 6.07) is 2.93. The molecule has 1 atom stereocenters. The van der Waals surface area contributed by atoms with Gasteiger partial charge in [0, 0.05) is 6.54 Å². The average molecular weight is 343 g/mol. The summed E-state index contributed by atoms with van der Waals surface area (Å²) >= 11 is 0. The third-order valence-electron chi connectivity index (χ3n) is 3.07. The highest BCUT2D eigenvalue weighted by atomic mass is 16.5. The summed E-state index contributed by atoms with van der Waals surface area (Å²) in [6.07, 6.45) is -1.08.